The van der Waals surface area contributed by atoms with Crippen LogP contribution in [0.1, 0.15) is 55.3 Å². The molecule has 7 nitrogen and oxygen atoms in total. The molecule has 1 saturated carbocycles. The van der Waals surface area contributed by atoms with Crippen molar-refractivity contribution in [2.24, 2.45) is 5.73 Å². The molecular formula is C21H24N4O3. The summed E-state index contributed by atoms with van der Waals surface area (Å²) < 4.78 is 17.3. The number of rotatable bonds is 5. The lowest BCUT2D eigenvalue weighted by atomic mass is 9.83. The van der Waals surface area contributed by atoms with Crippen LogP contribution in [0, 0.1) is 11.3 Å². The molecule has 1 aromatic heterocycles. The average molecular weight is 380 g/mol. The monoisotopic (exact) mass is 380 g/mol. The third-order valence-electron chi connectivity index (χ3n) is 5.49. The minimum Gasteiger partial charge on any atom is -0.493 e. The van der Waals surface area contributed by atoms with E-state index in [0.717, 1.165) is 41.8 Å². The standard InChI is InChI=1S/C21H24N4O3/c1-3-15-19-18(14(11-22)20(23)28-21(19)25-24-15)12-8-9-16(17(10-12)26-2)27-13-6-4-5-7-13/h8-10,13,18H,3-7,23H2,1-2H3,(H,24,25). The van der Waals surface area contributed by atoms with Crippen molar-refractivity contribution >= 4 is 0 Å². The van der Waals surface area contributed by atoms with E-state index in [-0.39, 0.29) is 17.9 Å². The number of benzene rings is 1. The topological polar surface area (TPSA) is 106 Å². The molecule has 2 aliphatic rings. The fourth-order valence-corrected chi connectivity index (χ4v) is 4.06. The molecule has 4 rings (SSSR count). The first-order valence-electron chi connectivity index (χ1n) is 9.65. The highest BCUT2D eigenvalue weighted by atomic mass is 16.5. The molecule has 1 aromatic carbocycles. The first-order chi connectivity index (χ1) is 13.7. The Bertz CT molecular complexity index is 951. The first kappa shape index (κ1) is 18.2. The number of H-pyrrole nitrogens is 1. The van der Waals surface area contributed by atoms with Crippen LogP contribution in [-0.2, 0) is 6.42 Å². The summed E-state index contributed by atoms with van der Waals surface area (Å²) in [6.07, 6.45) is 5.51. The van der Waals surface area contributed by atoms with Crippen molar-refractivity contribution in [3.8, 4) is 23.4 Å². The van der Waals surface area contributed by atoms with Crippen LogP contribution >= 0.6 is 0 Å². The van der Waals surface area contributed by atoms with Gasteiger partial charge in [0.1, 0.15) is 11.6 Å². The maximum Gasteiger partial charge on any atom is 0.244 e. The zero-order valence-corrected chi connectivity index (χ0v) is 16.1. The summed E-state index contributed by atoms with van der Waals surface area (Å²) in [6.45, 7) is 2.03. The van der Waals surface area contributed by atoms with Gasteiger partial charge in [0.05, 0.1) is 19.1 Å². The molecule has 1 atom stereocenters. The van der Waals surface area contributed by atoms with Gasteiger partial charge in [-0.15, -0.1) is 5.10 Å². The average Bonchev–Trinajstić information content (AvgIpc) is 3.36. The fourth-order valence-electron chi connectivity index (χ4n) is 4.06. The lowest BCUT2D eigenvalue weighted by Gasteiger charge is -2.25. The number of hydrogen-bond donors (Lipinski definition) is 2. The molecule has 28 heavy (non-hydrogen) atoms. The third kappa shape index (κ3) is 3.05. The Balaban J connectivity index is 1.77. The van der Waals surface area contributed by atoms with Gasteiger partial charge in [0.2, 0.25) is 11.8 Å². The number of hydrogen-bond acceptors (Lipinski definition) is 6. The predicted octanol–water partition coefficient (Wildman–Crippen LogP) is 3.52. The van der Waals surface area contributed by atoms with Gasteiger partial charge in [0, 0.05) is 11.3 Å². The normalized spacial score (nSPS) is 19.1. The molecule has 2 aromatic rings. The summed E-state index contributed by atoms with van der Waals surface area (Å²) in [5, 5.41) is 17.0. The zero-order valence-electron chi connectivity index (χ0n) is 16.1. The van der Waals surface area contributed by atoms with E-state index >= 15 is 0 Å². The molecule has 0 spiro atoms. The van der Waals surface area contributed by atoms with Crippen LogP contribution < -0.4 is 19.9 Å². The lowest BCUT2D eigenvalue weighted by Crippen LogP contribution is -2.21. The number of fused-ring (bicyclic) bond motifs is 1. The summed E-state index contributed by atoms with van der Waals surface area (Å²) in [5.74, 6) is 1.51. The van der Waals surface area contributed by atoms with Gasteiger partial charge in [-0.3, -0.25) is 5.10 Å². The highest BCUT2D eigenvalue weighted by Gasteiger charge is 2.35. The Morgan fingerprint density at radius 3 is 2.79 bits per heavy atom. The second-order valence-corrected chi connectivity index (χ2v) is 7.13. The van der Waals surface area contributed by atoms with Gasteiger partial charge in [-0.2, -0.15) is 5.26 Å². The molecule has 2 heterocycles. The van der Waals surface area contributed by atoms with Crippen molar-refractivity contribution in [1.29, 1.82) is 5.26 Å². The van der Waals surface area contributed by atoms with Crippen LogP contribution in [0.5, 0.6) is 17.4 Å². The largest absolute Gasteiger partial charge is 0.493 e. The van der Waals surface area contributed by atoms with E-state index in [1.54, 1.807) is 7.11 Å². The predicted molar refractivity (Wildman–Crippen MR) is 103 cm³/mol. The minimum absolute atomic E-state index is 0.0828. The molecule has 0 amide bonds. The van der Waals surface area contributed by atoms with Crippen LogP contribution in [0.4, 0.5) is 0 Å². The maximum atomic E-state index is 9.74. The number of aromatic nitrogens is 2. The summed E-state index contributed by atoms with van der Waals surface area (Å²) in [4.78, 5) is 0. The maximum absolute atomic E-state index is 9.74. The Morgan fingerprint density at radius 2 is 2.11 bits per heavy atom. The Labute approximate surface area is 164 Å². The van der Waals surface area contributed by atoms with E-state index in [1.807, 2.05) is 25.1 Å². The van der Waals surface area contributed by atoms with Crippen LogP contribution in [-0.4, -0.2) is 23.4 Å². The molecule has 1 aliphatic carbocycles. The van der Waals surface area contributed by atoms with Crippen LogP contribution in [0.15, 0.2) is 29.7 Å². The Hall–Kier alpha value is -3.14. The number of nitrogens with two attached hydrogens (primary N) is 1. The molecule has 0 saturated heterocycles. The van der Waals surface area contributed by atoms with Gasteiger partial charge < -0.3 is 19.9 Å². The minimum atomic E-state index is -0.364. The van der Waals surface area contributed by atoms with E-state index in [4.69, 9.17) is 19.9 Å². The second-order valence-electron chi connectivity index (χ2n) is 7.13. The number of methoxy groups -OCH3 is 1. The van der Waals surface area contributed by atoms with E-state index < -0.39 is 0 Å². The zero-order chi connectivity index (χ0) is 19.7. The molecule has 1 aliphatic heterocycles. The van der Waals surface area contributed by atoms with Gasteiger partial charge in [0.25, 0.3) is 0 Å². The number of ether oxygens (including phenoxy) is 3. The Morgan fingerprint density at radius 1 is 1.32 bits per heavy atom. The summed E-state index contributed by atoms with van der Waals surface area (Å²) >= 11 is 0. The molecule has 1 fully saturated rings. The summed E-state index contributed by atoms with van der Waals surface area (Å²) in [5.41, 5.74) is 9.04. The van der Waals surface area contributed by atoms with Gasteiger partial charge in [-0.05, 0) is 49.8 Å². The molecule has 0 radical (unpaired) electrons. The fraction of sp³-hybridized carbons (Fsp3) is 0.429. The van der Waals surface area contributed by atoms with Gasteiger partial charge in [-0.1, -0.05) is 13.0 Å². The number of aromatic amines is 1. The van der Waals surface area contributed by atoms with Crippen molar-refractivity contribution < 1.29 is 14.2 Å². The third-order valence-corrected chi connectivity index (χ3v) is 5.49. The SMILES string of the molecule is CCc1[nH]nc2c1C(c1ccc(OC3CCCC3)c(OC)c1)C(C#N)=C(N)O2. The highest BCUT2D eigenvalue weighted by Crippen LogP contribution is 2.45. The highest BCUT2D eigenvalue weighted by molar-refractivity contribution is 5.57. The van der Waals surface area contributed by atoms with Gasteiger partial charge >= 0.3 is 0 Å². The first-order valence-corrected chi connectivity index (χ1v) is 9.65. The lowest BCUT2D eigenvalue weighted by molar-refractivity contribution is 0.200. The van der Waals surface area contributed by atoms with Gasteiger partial charge in [0.15, 0.2) is 11.5 Å². The number of nitriles is 1. The van der Waals surface area contributed by atoms with E-state index in [2.05, 4.69) is 16.3 Å². The number of nitrogens with one attached hydrogen (secondary N) is 1. The summed E-state index contributed by atoms with van der Waals surface area (Å²) in [6, 6.07) is 8.01. The van der Waals surface area contributed by atoms with Crippen LogP contribution in [0.3, 0.4) is 0 Å². The molecule has 3 N–H and O–H groups in total. The number of allylic oxidation sites excluding steroid dienone is 1. The van der Waals surface area contributed by atoms with E-state index in [0.29, 0.717) is 17.2 Å². The quantitative estimate of drug-likeness (QED) is 0.822. The van der Waals surface area contributed by atoms with E-state index in [9.17, 15) is 5.26 Å². The van der Waals surface area contributed by atoms with Crippen LogP contribution in [0.2, 0.25) is 0 Å². The second kappa shape index (κ2) is 7.47. The smallest absolute Gasteiger partial charge is 0.244 e. The van der Waals surface area contributed by atoms with Crippen molar-refractivity contribution in [1.82, 2.24) is 10.2 Å². The van der Waals surface area contributed by atoms with Gasteiger partial charge in [-0.25, -0.2) is 0 Å². The molecule has 7 heteroatoms. The molecular weight excluding hydrogens is 356 g/mol. The number of aryl methyl sites for hydroxylation is 1. The molecule has 146 valence electrons. The van der Waals surface area contributed by atoms with Crippen molar-refractivity contribution in [2.75, 3.05) is 7.11 Å². The number of nitrogens with zero attached hydrogens (tertiary/aromatic N) is 2. The van der Waals surface area contributed by atoms with E-state index in [1.165, 1.54) is 12.8 Å². The molecule has 0 bridgehead atoms. The van der Waals surface area contributed by atoms with Crippen molar-refractivity contribution in [3.05, 3.63) is 46.5 Å². The van der Waals surface area contributed by atoms with Crippen molar-refractivity contribution in [3.63, 3.8) is 0 Å². The molecule has 1 unspecified atom stereocenters. The Kier molecular flexibility index (Phi) is 4.86. The van der Waals surface area contributed by atoms with Crippen molar-refractivity contribution in [2.45, 2.75) is 51.0 Å². The summed E-state index contributed by atoms with van der Waals surface area (Å²) in [7, 11) is 1.63. The van der Waals surface area contributed by atoms with Crippen LogP contribution in [0.25, 0.3) is 0 Å².